The monoisotopic (exact) mass is 274 g/mol. The summed E-state index contributed by atoms with van der Waals surface area (Å²) in [7, 11) is 0. The molecule has 2 rings (SSSR count). The van der Waals surface area contributed by atoms with Crippen LogP contribution in [0.5, 0.6) is 0 Å². The van der Waals surface area contributed by atoms with Gasteiger partial charge in [0.2, 0.25) is 0 Å². The Morgan fingerprint density at radius 3 is 2.84 bits per heavy atom. The second-order valence-corrected chi connectivity index (χ2v) is 4.95. The van der Waals surface area contributed by atoms with Crippen molar-refractivity contribution in [2.45, 2.75) is 32.0 Å². The minimum Gasteiger partial charge on any atom is -0.389 e. The predicted octanol–water partition coefficient (Wildman–Crippen LogP) is 2.91. The zero-order valence-electron chi connectivity index (χ0n) is 10.7. The first kappa shape index (κ1) is 14.1. The van der Waals surface area contributed by atoms with E-state index in [1.807, 2.05) is 0 Å². The van der Waals surface area contributed by atoms with Crippen LogP contribution in [0, 0.1) is 5.92 Å². The first-order chi connectivity index (χ1) is 8.88. The first-order valence-electron chi connectivity index (χ1n) is 6.33. The Morgan fingerprint density at radius 1 is 1.47 bits per heavy atom. The molecular formula is C13H17F3N2O. The molecule has 0 bridgehead atoms. The molecule has 1 fully saturated rings. The van der Waals surface area contributed by atoms with E-state index in [1.54, 1.807) is 24.0 Å². The smallest absolute Gasteiger partial charge is 0.389 e. The fourth-order valence-corrected chi connectivity index (χ4v) is 2.32. The van der Waals surface area contributed by atoms with Crippen molar-refractivity contribution in [2.75, 3.05) is 18.0 Å². The Balaban J connectivity index is 2.15. The third-order valence-electron chi connectivity index (χ3n) is 3.46. The molecule has 1 aliphatic heterocycles. The lowest BCUT2D eigenvalue weighted by molar-refractivity contribution is -0.176. The molecule has 0 aromatic carbocycles. The van der Waals surface area contributed by atoms with Crippen LogP contribution in [0.25, 0.3) is 0 Å². The van der Waals surface area contributed by atoms with Gasteiger partial charge in [-0.15, -0.1) is 0 Å². The molecule has 1 N–H and O–H groups in total. The highest BCUT2D eigenvalue weighted by atomic mass is 19.4. The number of aliphatic hydroxyl groups excluding tert-OH is 1. The Labute approximate surface area is 110 Å². The summed E-state index contributed by atoms with van der Waals surface area (Å²) in [5, 5.41) is 9.50. The van der Waals surface area contributed by atoms with Crippen molar-refractivity contribution in [3.8, 4) is 0 Å². The van der Waals surface area contributed by atoms with Gasteiger partial charge in [-0.05, 0) is 37.5 Å². The van der Waals surface area contributed by atoms with Gasteiger partial charge in [0.1, 0.15) is 5.82 Å². The Kier molecular flexibility index (Phi) is 3.99. The van der Waals surface area contributed by atoms with E-state index >= 15 is 0 Å². The molecule has 0 aliphatic carbocycles. The van der Waals surface area contributed by atoms with Crippen molar-refractivity contribution in [1.29, 1.82) is 0 Å². The lowest BCUT2D eigenvalue weighted by Gasteiger charge is -2.34. The highest BCUT2D eigenvalue weighted by Crippen LogP contribution is 2.34. The molecule has 2 atom stereocenters. The van der Waals surface area contributed by atoms with Gasteiger partial charge < -0.3 is 10.0 Å². The second-order valence-electron chi connectivity index (χ2n) is 4.95. The van der Waals surface area contributed by atoms with Gasteiger partial charge in [0.25, 0.3) is 0 Å². The summed E-state index contributed by atoms with van der Waals surface area (Å²) in [6.45, 7) is 2.14. The summed E-state index contributed by atoms with van der Waals surface area (Å²) in [6.07, 6.45) is -2.60. The fraction of sp³-hybridized carbons (Fsp3) is 0.615. The van der Waals surface area contributed by atoms with Gasteiger partial charge in [0.05, 0.1) is 12.0 Å². The van der Waals surface area contributed by atoms with Crippen LogP contribution >= 0.6 is 0 Å². The number of halogens is 3. The molecule has 1 aromatic rings. The van der Waals surface area contributed by atoms with E-state index in [2.05, 4.69) is 4.98 Å². The number of alkyl halides is 3. The normalized spacial score (nSPS) is 22.4. The first-order valence-corrected chi connectivity index (χ1v) is 6.33. The van der Waals surface area contributed by atoms with Crippen LogP contribution in [0.15, 0.2) is 18.3 Å². The van der Waals surface area contributed by atoms with Gasteiger partial charge in [0, 0.05) is 19.3 Å². The van der Waals surface area contributed by atoms with Crippen molar-refractivity contribution < 1.29 is 18.3 Å². The second kappa shape index (κ2) is 5.36. The minimum atomic E-state index is -4.15. The van der Waals surface area contributed by atoms with Crippen molar-refractivity contribution in [3.63, 3.8) is 0 Å². The zero-order valence-corrected chi connectivity index (χ0v) is 10.7. The van der Waals surface area contributed by atoms with E-state index in [0.29, 0.717) is 24.3 Å². The molecular weight excluding hydrogens is 257 g/mol. The minimum absolute atomic E-state index is 0.0558. The van der Waals surface area contributed by atoms with E-state index in [9.17, 15) is 18.3 Å². The van der Waals surface area contributed by atoms with Crippen LogP contribution in [0.3, 0.4) is 0 Å². The standard InChI is InChI=1S/C13H17F3N2O/c1-9(19)10-4-5-17-12(7-10)18-6-2-3-11(8-18)13(14,15)16/h4-5,7,9,11,19H,2-3,6,8H2,1H3/t9-,11?/m0/s1. The summed E-state index contributed by atoms with van der Waals surface area (Å²) in [5.41, 5.74) is 0.666. The number of hydrogen-bond acceptors (Lipinski definition) is 3. The van der Waals surface area contributed by atoms with Gasteiger partial charge in [-0.1, -0.05) is 0 Å². The van der Waals surface area contributed by atoms with Gasteiger partial charge >= 0.3 is 6.18 Å². The SMILES string of the molecule is C[C@H](O)c1ccnc(N2CCCC(C(F)(F)F)C2)c1. The number of nitrogens with zero attached hydrogens (tertiary/aromatic N) is 2. The van der Waals surface area contributed by atoms with Crippen molar-refractivity contribution in [1.82, 2.24) is 4.98 Å². The van der Waals surface area contributed by atoms with Crippen LogP contribution in [0.4, 0.5) is 19.0 Å². The van der Waals surface area contributed by atoms with Crippen LogP contribution in [0.1, 0.15) is 31.4 Å². The van der Waals surface area contributed by atoms with E-state index in [-0.39, 0.29) is 13.0 Å². The number of hydrogen-bond donors (Lipinski definition) is 1. The highest BCUT2D eigenvalue weighted by molar-refractivity contribution is 5.42. The van der Waals surface area contributed by atoms with Gasteiger partial charge in [-0.2, -0.15) is 13.2 Å². The summed E-state index contributed by atoms with van der Waals surface area (Å²) in [6, 6.07) is 3.32. The lowest BCUT2D eigenvalue weighted by atomic mass is 9.97. The summed E-state index contributed by atoms with van der Waals surface area (Å²) in [4.78, 5) is 5.76. The lowest BCUT2D eigenvalue weighted by Crippen LogP contribution is -2.42. The topological polar surface area (TPSA) is 36.4 Å². The number of aromatic nitrogens is 1. The van der Waals surface area contributed by atoms with Crippen molar-refractivity contribution >= 4 is 5.82 Å². The molecule has 0 amide bonds. The van der Waals surface area contributed by atoms with Gasteiger partial charge in [-0.3, -0.25) is 0 Å². The largest absolute Gasteiger partial charge is 0.393 e. The quantitative estimate of drug-likeness (QED) is 0.900. The molecule has 1 saturated heterocycles. The summed E-state index contributed by atoms with van der Waals surface area (Å²) >= 11 is 0. The average molecular weight is 274 g/mol. The molecule has 3 nitrogen and oxygen atoms in total. The van der Waals surface area contributed by atoms with Gasteiger partial charge in [0.15, 0.2) is 0 Å². The van der Waals surface area contributed by atoms with E-state index < -0.39 is 18.2 Å². The molecule has 0 spiro atoms. The van der Waals surface area contributed by atoms with Crippen molar-refractivity contribution in [2.24, 2.45) is 5.92 Å². The highest BCUT2D eigenvalue weighted by Gasteiger charge is 2.42. The van der Waals surface area contributed by atoms with E-state index in [1.165, 1.54) is 6.20 Å². The zero-order chi connectivity index (χ0) is 14.0. The van der Waals surface area contributed by atoms with E-state index in [0.717, 1.165) is 0 Å². The number of rotatable bonds is 2. The van der Waals surface area contributed by atoms with Crippen LogP contribution < -0.4 is 4.90 Å². The molecule has 0 saturated carbocycles. The Hall–Kier alpha value is -1.30. The third kappa shape index (κ3) is 3.37. The molecule has 1 unspecified atom stereocenters. The predicted molar refractivity (Wildman–Crippen MR) is 65.9 cm³/mol. The number of aliphatic hydroxyl groups is 1. The third-order valence-corrected chi connectivity index (χ3v) is 3.46. The maximum Gasteiger partial charge on any atom is 0.393 e. The van der Waals surface area contributed by atoms with Crippen molar-refractivity contribution in [3.05, 3.63) is 23.9 Å². The maximum atomic E-state index is 12.8. The number of anilines is 1. The molecule has 106 valence electrons. The molecule has 1 aromatic heterocycles. The average Bonchev–Trinajstić information content (AvgIpc) is 2.38. The summed E-state index contributed by atoms with van der Waals surface area (Å²) in [5.74, 6) is -0.786. The van der Waals surface area contributed by atoms with Crippen LogP contribution in [-0.2, 0) is 0 Å². The number of piperidine rings is 1. The van der Waals surface area contributed by atoms with Crippen LogP contribution in [-0.4, -0.2) is 29.4 Å². The molecule has 19 heavy (non-hydrogen) atoms. The fourth-order valence-electron chi connectivity index (χ4n) is 2.32. The number of pyridine rings is 1. The van der Waals surface area contributed by atoms with E-state index in [4.69, 9.17) is 0 Å². The van der Waals surface area contributed by atoms with Crippen LogP contribution in [0.2, 0.25) is 0 Å². The molecule has 1 aliphatic rings. The molecule has 0 radical (unpaired) electrons. The Morgan fingerprint density at radius 2 is 2.21 bits per heavy atom. The summed E-state index contributed by atoms with van der Waals surface area (Å²) < 4.78 is 38.3. The molecule has 2 heterocycles. The molecule has 6 heteroatoms. The van der Waals surface area contributed by atoms with Gasteiger partial charge in [-0.25, -0.2) is 4.98 Å². The Bertz CT molecular complexity index is 434. The maximum absolute atomic E-state index is 12.8.